The van der Waals surface area contributed by atoms with Crippen molar-refractivity contribution in [1.29, 1.82) is 0 Å². The fourth-order valence-electron chi connectivity index (χ4n) is 1.36. The zero-order valence-corrected chi connectivity index (χ0v) is 13.0. The fraction of sp³-hybridized carbons (Fsp3) is 0.429. The van der Waals surface area contributed by atoms with Crippen LogP contribution < -0.4 is 20.7 Å². The molecular formula is C14H24N4O3. The van der Waals surface area contributed by atoms with Crippen molar-refractivity contribution in [1.82, 2.24) is 16.0 Å². The maximum absolute atomic E-state index is 10.3. The molecular weight excluding hydrogens is 272 g/mol. The third kappa shape index (κ3) is 10.2. The molecule has 0 heterocycles. The van der Waals surface area contributed by atoms with Crippen molar-refractivity contribution >= 4 is 0 Å². The number of rotatable bonds is 7. The topological polar surface area (TPSA) is 88.5 Å². The molecule has 0 aliphatic carbocycles. The Morgan fingerprint density at radius 2 is 2.05 bits per heavy atom. The van der Waals surface area contributed by atoms with Gasteiger partial charge in [-0.15, -0.1) is 0 Å². The summed E-state index contributed by atoms with van der Waals surface area (Å²) >= 11 is 0. The van der Waals surface area contributed by atoms with Crippen LogP contribution in [0.15, 0.2) is 36.3 Å². The standard InChI is InChI=1S/C12H17N3O3.C2H7N/c1-10-4-3-5-11(8-10)18-7-6-14-12(13-2)9-15(16)17;1-3-2/h3-5,8-9,13-14H,6-7H2,1-2H3;3H,1-2H3. The summed E-state index contributed by atoms with van der Waals surface area (Å²) in [5.74, 6) is 1.15. The van der Waals surface area contributed by atoms with Gasteiger partial charge in [-0.3, -0.25) is 10.1 Å². The van der Waals surface area contributed by atoms with Gasteiger partial charge in [0.25, 0.3) is 6.20 Å². The molecule has 1 rings (SSSR count). The SMILES string of the molecule is CNC.CNC(=C[N+](=O)[O-])NCCOc1cccc(C)c1. The first-order valence-corrected chi connectivity index (χ1v) is 6.58. The van der Waals surface area contributed by atoms with Crippen molar-refractivity contribution in [2.75, 3.05) is 34.3 Å². The summed E-state index contributed by atoms with van der Waals surface area (Å²) in [6, 6.07) is 7.72. The molecule has 0 fully saturated rings. The highest BCUT2D eigenvalue weighted by atomic mass is 16.6. The number of nitro groups is 1. The summed E-state index contributed by atoms with van der Waals surface area (Å²) in [7, 11) is 5.36. The van der Waals surface area contributed by atoms with Crippen LogP contribution in [0.3, 0.4) is 0 Å². The molecule has 118 valence electrons. The third-order valence-electron chi connectivity index (χ3n) is 2.18. The normalized spacial score (nSPS) is 10.2. The zero-order valence-electron chi connectivity index (χ0n) is 13.0. The van der Waals surface area contributed by atoms with Gasteiger partial charge in [-0.25, -0.2) is 0 Å². The Morgan fingerprint density at radius 1 is 1.38 bits per heavy atom. The van der Waals surface area contributed by atoms with Gasteiger partial charge in [-0.05, 0) is 38.7 Å². The first-order valence-electron chi connectivity index (χ1n) is 6.58. The largest absolute Gasteiger partial charge is 0.492 e. The number of aryl methyl sites for hydroxylation is 1. The minimum Gasteiger partial charge on any atom is -0.492 e. The molecule has 3 N–H and O–H groups in total. The average Bonchev–Trinajstić information content (AvgIpc) is 2.43. The molecule has 0 spiro atoms. The third-order valence-corrected chi connectivity index (χ3v) is 2.18. The fourth-order valence-corrected chi connectivity index (χ4v) is 1.36. The van der Waals surface area contributed by atoms with Gasteiger partial charge in [0, 0.05) is 7.05 Å². The number of ether oxygens (including phenoxy) is 1. The molecule has 0 amide bonds. The molecule has 0 aliphatic heterocycles. The molecule has 0 radical (unpaired) electrons. The second-order valence-electron chi connectivity index (χ2n) is 4.17. The summed E-state index contributed by atoms with van der Waals surface area (Å²) in [6.45, 7) is 2.90. The first kappa shape index (κ1) is 18.7. The van der Waals surface area contributed by atoms with E-state index in [-0.39, 0.29) is 0 Å². The quantitative estimate of drug-likeness (QED) is 0.396. The highest BCUT2D eigenvalue weighted by Crippen LogP contribution is 2.11. The van der Waals surface area contributed by atoms with Gasteiger partial charge in [0.15, 0.2) is 5.82 Å². The Morgan fingerprint density at radius 3 is 2.57 bits per heavy atom. The Balaban J connectivity index is 0.00000122. The van der Waals surface area contributed by atoms with E-state index in [0.717, 1.165) is 17.5 Å². The summed E-state index contributed by atoms with van der Waals surface area (Å²) in [6.07, 6.45) is 0.882. The second kappa shape index (κ2) is 11.5. The molecule has 1 aromatic rings. The van der Waals surface area contributed by atoms with Crippen LogP contribution in [0.5, 0.6) is 5.75 Å². The molecule has 7 heteroatoms. The number of nitrogens with zero attached hydrogens (tertiary/aromatic N) is 1. The molecule has 0 saturated carbocycles. The Kier molecular flexibility index (Phi) is 10.3. The maximum atomic E-state index is 10.3. The van der Waals surface area contributed by atoms with E-state index >= 15 is 0 Å². The van der Waals surface area contributed by atoms with E-state index in [1.54, 1.807) is 7.05 Å². The van der Waals surface area contributed by atoms with Gasteiger partial charge < -0.3 is 20.7 Å². The van der Waals surface area contributed by atoms with E-state index in [2.05, 4.69) is 16.0 Å². The van der Waals surface area contributed by atoms with Crippen molar-refractivity contribution in [3.63, 3.8) is 0 Å². The summed E-state index contributed by atoms with van der Waals surface area (Å²) in [4.78, 5) is 9.76. The van der Waals surface area contributed by atoms with Crippen molar-refractivity contribution in [2.45, 2.75) is 6.92 Å². The van der Waals surface area contributed by atoms with E-state index in [0.29, 0.717) is 19.0 Å². The number of hydrogen-bond acceptors (Lipinski definition) is 6. The van der Waals surface area contributed by atoms with Crippen LogP contribution >= 0.6 is 0 Å². The van der Waals surface area contributed by atoms with Gasteiger partial charge in [-0.2, -0.15) is 0 Å². The van der Waals surface area contributed by atoms with Crippen LogP contribution in [0.2, 0.25) is 0 Å². The maximum Gasteiger partial charge on any atom is 0.274 e. The Labute approximate surface area is 125 Å². The lowest BCUT2D eigenvalue weighted by Crippen LogP contribution is -2.28. The average molecular weight is 296 g/mol. The van der Waals surface area contributed by atoms with Crippen molar-refractivity contribution in [2.24, 2.45) is 0 Å². The summed E-state index contributed by atoms with van der Waals surface area (Å²) < 4.78 is 5.50. The smallest absolute Gasteiger partial charge is 0.274 e. The minimum atomic E-state index is -0.514. The lowest BCUT2D eigenvalue weighted by atomic mass is 10.2. The van der Waals surface area contributed by atoms with Crippen LogP contribution in [-0.4, -0.2) is 39.2 Å². The molecule has 0 bridgehead atoms. The molecule has 7 nitrogen and oxygen atoms in total. The van der Waals surface area contributed by atoms with E-state index in [4.69, 9.17) is 4.74 Å². The zero-order chi connectivity index (χ0) is 16.1. The van der Waals surface area contributed by atoms with Gasteiger partial charge >= 0.3 is 0 Å². The predicted molar refractivity (Wildman–Crippen MR) is 83.8 cm³/mol. The van der Waals surface area contributed by atoms with Crippen LogP contribution in [-0.2, 0) is 0 Å². The van der Waals surface area contributed by atoms with Crippen molar-refractivity contribution in [3.8, 4) is 5.75 Å². The van der Waals surface area contributed by atoms with Crippen molar-refractivity contribution in [3.05, 3.63) is 52.0 Å². The molecule has 0 aliphatic rings. The molecule has 1 aromatic carbocycles. The Hall–Kier alpha value is -2.28. The van der Waals surface area contributed by atoms with E-state index < -0.39 is 4.92 Å². The van der Waals surface area contributed by atoms with Crippen LogP contribution in [0.25, 0.3) is 0 Å². The minimum absolute atomic E-state index is 0.354. The number of hydrogen-bond donors (Lipinski definition) is 3. The van der Waals surface area contributed by atoms with Crippen LogP contribution in [0.1, 0.15) is 5.56 Å². The van der Waals surface area contributed by atoms with E-state index in [1.165, 1.54) is 0 Å². The van der Waals surface area contributed by atoms with Gasteiger partial charge in [0.2, 0.25) is 0 Å². The molecule has 0 saturated heterocycles. The summed E-state index contributed by atoms with van der Waals surface area (Å²) in [5.41, 5.74) is 1.13. The molecule has 21 heavy (non-hydrogen) atoms. The molecule has 0 unspecified atom stereocenters. The first-order chi connectivity index (χ1) is 10.0. The lowest BCUT2D eigenvalue weighted by Gasteiger charge is -2.09. The monoisotopic (exact) mass is 296 g/mol. The second-order valence-corrected chi connectivity index (χ2v) is 4.17. The van der Waals surface area contributed by atoms with Gasteiger partial charge in [0.05, 0.1) is 11.5 Å². The highest BCUT2D eigenvalue weighted by Gasteiger charge is 1.99. The molecule has 0 aromatic heterocycles. The highest BCUT2D eigenvalue weighted by molar-refractivity contribution is 5.27. The number of benzene rings is 1. The van der Waals surface area contributed by atoms with E-state index in [9.17, 15) is 10.1 Å². The summed E-state index contributed by atoms with van der Waals surface area (Å²) in [5, 5.41) is 18.6. The Bertz CT molecular complexity index is 450. The van der Waals surface area contributed by atoms with Crippen LogP contribution in [0.4, 0.5) is 0 Å². The lowest BCUT2D eigenvalue weighted by molar-refractivity contribution is -0.404. The van der Waals surface area contributed by atoms with Gasteiger partial charge in [-0.1, -0.05) is 12.1 Å². The van der Waals surface area contributed by atoms with E-state index in [1.807, 2.05) is 45.3 Å². The van der Waals surface area contributed by atoms with Crippen LogP contribution in [0, 0.1) is 17.0 Å². The predicted octanol–water partition coefficient (Wildman–Crippen LogP) is 1.09. The molecule has 0 atom stereocenters. The van der Waals surface area contributed by atoms with Gasteiger partial charge in [0.1, 0.15) is 12.4 Å². The number of nitrogens with one attached hydrogen (secondary N) is 3. The van der Waals surface area contributed by atoms with Crippen molar-refractivity contribution < 1.29 is 9.66 Å².